The van der Waals surface area contributed by atoms with Gasteiger partial charge in [0.05, 0.1) is 16.6 Å². The molecule has 0 spiro atoms. The average Bonchev–Trinajstić information content (AvgIpc) is 3.71. The fourth-order valence-corrected chi connectivity index (χ4v) is 10.4. The summed E-state index contributed by atoms with van der Waals surface area (Å²) in [6.45, 7) is 4.44. The van der Waals surface area contributed by atoms with E-state index in [1.165, 1.54) is 12.1 Å². The Morgan fingerprint density at radius 3 is 2.87 bits per heavy atom. The molecule has 2 N–H and O–H groups in total. The van der Waals surface area contributed by atoms with Gasteiger partial charge in [0, 0.05) is 49.1 Å². The highest BCUT2D eigenvalue weighted by Crippen LogP contribution is 2.51. The van der Waals surface area contributed by atoms with Crippen molar-refractivity contribution in [3.05, 3.63) is 47.2 Å². The van der Waals surface area contributed by atoms with Crippen molar-refractivity contribution >= 4 is 27.5 Å². The topological polar surface area (TPSA) is 86.6 Å². The molecule has 6 aliphatic heterocycles. The number of alkyl halides is 1. The molecule has 0 radical (unpaired) electrons. The molecule has 11 heteroatoms. The Balaban J connectivity index is 1.22. The standard InChI is InChI=1S/C36H37F3N6O2/c1-17-22-5-6-23-25(38)7-3-18-11-21(46)12-24(27(18)23)31-29(39)32-28(30(22)41-31)34(45-15-20-4-8-26(40-20)33(17)45)43-35(42-32)47-16-36-9-2-10-44(36)14-19(37)13-36/h3,7,11-12,17,19-20,22,26,33,40,46H,2,4-6,8-10,13-16H2,1H3/t17-,19+,20+,22+,26-,33-,36-/m0/s1. The van der Waals surface area contributed by atoms with Crippen LogP contribution in [0.3, 0.4) is 0 Å². The first-order valence-electron chi connectivity index (χ1n) is 17.2. The minimum atomic E-state index is -0.897. The van der Waals surface area contributed by atoms with E-state index in [9.17, 15) is 9.50 Å². The second kappa shape index (κ2) is 9.92. The zero-order valence-corrected chi connectivity index (χ0v) is 26.3. The number of aromatic hydroxyl groups is 1. The molecule has 0 amide bonds. The molecule has 7 atom stereocenters. The number of anilines is 1. The van der Waals surface area contributed by atoms with Gasteiger partial charge in [-0.2, -0.15) is 9.97 Å². The lowest BCUT2D eigenvalue weighted by molar-refractivity contribution is 0.107. The number of hydrogen-bond acceptors (Lipinski definition) is 8. The predicted molar refractivity (Wildman–Crippen MR) is 172 cm³/mol. The first-order valence-corrected chi connectivity index (χ1v) is 17.2. The van der Waals surface area contributed by atoms with E-state index in [-0.39, 0.29) is 59.3 Å². The van der Waals surface area contributed by atoms with E-state index in [1.54, 1.807) is 12.1 Å². The molecule has 244 valence electrons. The molecule has 4 aromatic rings. The first-order chi connectivity index (χ1) is 22.8. The number of rotatable bonds is 3. The molecule has 8 nitrogen and oxygen atoms in total. The van der Waals surface area contributed by atoms with Crippen LogP contribution >= 0.6 is 0 Å². The summed E-state index contributed by atoms with van der Waals surface area (Å²) in [6, 6.07) is 6.80. The maximum absolute atomic E-state index is 17.2. The summed E-state index contributed by atoms with van der Waals surface area (Å²) in [5.74, 6) is -0.435. The number of aryl methyl sites for hydroxylation is 1. The Labute approximate surface area is 270 Å². The molecule has 4 bridgehead atoms. The molecule has 8 heterocycles. The fourth-order valence-electron chi connectivity index (χ4n) is 10.4. The van der Waals surface area contributed by atoms with Crippen molar-refractivity contribution in [2.24, 2.45) is 5.92 Å². The zero-order valence-electron chi connectivity index (χ0n) is 26.3. The van der Waals surface area contributed by atoms with Crippen LogP contribution in [-0.2, 0) is 6.42 Å². The molecule has 47 heavy (non-hydrogen) atoms. The second-order valence-corrected chi connectivity index (χ2v) is 14.9. The van der Waals surface area contributed by atoms with Gasteiger partial charge in [0.15, 0.2) is 5.82 Å². The van der Waals surface area contributed by atoms with Crippen molar-refractivity contribution in [2.45, 2.75) is 87.6 Å². The Morgan fingerprint density at radius 1 is 1.09 bits per heavy atom. The summed E-state index contributed by atoms with van der Waals surface area (Å²) in [4.78, 5) is 19.5. The van der Waals surface area contributed by atoms with Crippen LogP contribution in [0.4, 0.5) is 19.0 Å². The van der Waals surface area contributed by atoms with Crippen LogP contribution in [0.1, 0.15) is 62.6 Å². The smallest absolute Gasteiger partial charge is 0.319 e. The summed E-state index contributed by atoms with van der Waals surface area (Å²) in [5.41, 5.74) is 1.35. The van der Waals surface area contributed by atoms with Crippen molar-refractivity contribution in [2.75, 3.05) is 31.1 Å². The van der Waals surface area contributed by atoms with Gasteiger partial charge in [0.2, 0.25) is 0 Å². The maximum atomic E-state index is 17.2. The third-order valence-corrected chi connectivity index (χ3v) is 12.4. The van der Waals surface area contributed by atoms with Crippen LogP contribution in [-0.4, -0.2) is 81.0 Å². The highest BCUT2D eigenvalue weighted by Gasteiger charge is 2.51. The van der Waals surface area contributed by atoms with E-state index < -0.39 is 17.5 Å². The van der Waals surface area contributed by atoms with Crippen LogP contribution in [0.2, 0.25) is 0 Å². The SMILES string of the molecule is C[C@@H]1[C@H]2[C@@H]3CC[C@H](CN2c2nc(OC[C@@]45CCCN4C[C@H](F)C5)nc4c(F)c5nc(c24)[C@@H]1CCc1c(F)ccc2cc(O)cc-5c12)N3. The van der Waals surface area contributed by atoms with E-state index >= 15 is 8.78 Å². The Bertz CT molecular complexity index is 1990. The van der Waals surface area contributed by atoms with Crippen LogP contribution in [0, 0.1) is 17.6 Å². The number of aromatic nitrogens is 3. The molecule has 2 aromatic carbocycles. The van der Waals surface area contributed by atoms with Crippen molar-refractivity contribution in [1.82, 2.24) is 25.2 Å². The summed E-state index contributed by atoms with van der Waals surface area (Å²) < 4.78 is 53.9. The van der Waals surface area contributed by atoms with Crippen LogP contribution in [0.5, 0.6) is 11.8 Å². The molecule has 0 aliphatic carbocycles. The summed E-state index contributed by atoms with van der Waals surface area (Å²) >= 11 is 0. The van der Waals surface area contributed by atoms with E-state index in [0.29, 0.717) is 65.0 Å². The van der Waals surface area contributed by atoms with E-state index in [2.05, 4.69) is 22.0 Å². The van der Waals surface area contributed by atoms with Crippen molar-refractivity contribution < 1.29 is 23.0 Å². The lowest BCUT2D eigenvalue weighted by Gasteiger charge is -2.45. The van der Waals surface area contributed by atoms with Gasteiger partial charge in [0.1, 0.15) is 41.4 Å². The third-order valence-electron chi connectivity index (χ3n) is 12.4. The summed E-state index contributed by atoms with van der Waals surface area (Å²) in [6.07, 6.45) is 4.48. The van der Waals surface area contributed by atoms with Gasteiger partial charge >= 0.3 is 6.01 Å². The number of phenolic OH excluding ortho intramolecular Hbond substituents is 1. The van der Waals surface area contributed by atoms with Gasteiger partial charge in [-0.25, -0.2) is 18.2 Å². The molecule has 0 saturated carbocycles. The monoisotopic (exact) mass is 642 g/mol. The Morgan fingerprint density at radius 2 is 1.98 bits per heavy atom. The zero-order chi connectivity index (χ0) is 31.8. The molecule has 4 saturated heterocycles. The fraction of sp³-hybridized carbons (Fsp3) is 0.528. The van der Waals surface area contributed by atoms with Crippen molar-refractivity contribution in [3.63, 3.8) is 0 Å². The van der Waals surface area contributed by atoms with E-state index in [4.69, 9.17) is 19.7 Å². The number of ether oxygens (including phenoxy) is 1. The van der Waals surface area contributed by atoms with Gasteiger partial charge in [-0.1, -0.05) is 13.0 Å². The van der Waals surface area contributed by atoms with Gasteiger partial charge in [-0.15, -0.1) is 0 Å². The number of nitrogens with one attached hydrogen (secondary N) is 1. The van der Waals surface area contributed by atoms with Crippen LogP contribution in [0.25, 0.3) is 32.9 Å². The number of nitrogens with zero attached hydrogens (tertiary/aromatic N) is 5. The van der Waals surface area contributed by atoms with Crippen molar-refractivity contribution in [1.29, 1.82) is 0 Å². The normalized spacial score (nSPS) is 32.3. The number of hydrogen-bond donors (Lipinski definition) is 2. The van der Waals surface area contributed by atoms with Gasteiger partial charge in [-0.05, 0) is 85.5 Å². The minimum absolute atomic E-state index is 0.0453. The van der Waals surface area contributed by atoms with E-state index in [1.807, 2.05) is 0 Å². The lowest BCUT2D eigenvalue weighted by Crippen LogP contribution is -2.60. The largest absolute Gasteiger partial charge is 0.508 e. The lowest BCUT2D eigenvalue weighted by atomic mass is 9.78. The molecule has 6 aliphatic rings. The molecule has 2 aromatic heterocycles. The number of pyridine rings is 1. The molecular formula is C36H37F3N6O2. The van der Waals surface area contributed by atoms with Gasteiger partial charge in [-0.3, -0.25) is 4.90 Å². The summed E-state index contributed by atoms with van der Waals surface area (Å²) in [5, 5.41) is 16.4. The maximum Gasteiger partial charge on any atom is 0.319 e. The molecule has 0 unspecified atom stereocenters. The molecular weight excluding hydrogens is 605 g/mol. The Kier molecular flexibility index (Phi) is 5.98. The Hall–Kier alpha value is -3.70. The quantitative estimate of drug-likeness (QED) is 0.291. The van der Waals surface area contributed by atoms with Crippen LogP contribution in [0.15, 0.2) is 24.3 Å². The van der Waals surface area contributed by atoms with E-state index in [0.717, 1.165) is 44.5 Å². The number of phenols is 1. The van der Waals surface area contributed by atoms with Gasteiger partial charge < -0.3 is 20.1 Å². The summed E-state index contributed by atoms with van der Waals surface area (Å²) in [7, 11) is 0. The number of piperazine rings is 1. The predicted octanol–water partition coefficient (Wildman–Crippen LogP) is 5.77. The first kappa shape index (κ1) is 28.3. The highest BCUT2D eigenvalue weighted by molar-refractivity contribution is 6.03. The molecule has 4 fully saturated rings. The van der Waals surface area contributed by atoms with Crippen LogP contribution < -0.4 is 15.0 Å². The van der Waals surface area contributed by atoms with Crippen molar-refractivity contribution in [3.8, 4) is 23.0 Å². The third kappa shape index (κ3) is 3.98. The second-order valence-electron chi connectivity index (χ2n) is 14.9. The minimum Gasteiger partial charge on any atom is -0.508 e. The number of fused-ring (bicyclic) bond motifs is 8. The average molecular weight is 643 g/mol. The number of halogens is 3. The number of benzene rings is 2. The highest BCUT2D eigenvalue weighted by atomic mass is 19.1. The molecule has 10 rings (SSSR count). The van der Waals surface area contributed by atoms with Gasteiger partial charge in [0.25, 0.3) is 0 Å².